The average Bonchev–Trinajstić information content (AvgIpc) is 2.71. The summed E-state index contributed by atoms with van der Waals surface area (Å²) in [6, 6.07) is 10.0. The molecule has 2 rings (SSSR count). The van der Waals surface area contributed by atoms with Crippen LogP contribution in [0.25, 0.3) is 11.4 Å². The van der Waals surface area contributed by atoms with Crippen LogP contribution < -0.4 is 0 Å². The van der Waals surface area contributed by atoms with Gasteiger partial charge in [-0.1, -0.05) is 58.0 Å². The van der Waals surface area contributed by atoms with Gasteiger partial charge in [0, 0.05) is 12.1 Å². The predicted octanol–water partition coefficient (Wildman–Crippen LogP) is 4.28. The molecule has 2 aromatic rings. The molecule has 0 spiro atoms. The molecule has 0 unspecified atom stereocenters. The lowest BCUT2D eigenvalue weighted by Crippen LogP contribution is -2.26. The van der Waals surface area contributed by atoms with Crippen molar-refractivity contribution in [2.24, 2.45) is 11.3 Å². The second kappa shape index (κ2) is 5.33. The first-order valence-electron chi connectivity index (χ1n) is 6.56. The Morgan fingerprint density at radius 3 is 2.37 bits per heavy atom. The molecule has 3 nitrogen and oxygen atoms in total. The van der Waals surface area contributed by atoms with E-state index in [1.165, 1.54) is 0 Å². The summed E-state index contributed by atoms with van der Waals surface area (Å²) in [6.07, 6.45) is 0. The molecule has 0 bridgehead atoms. The fraction of sp³-hybridized carbons (Fsp3) is 0.467. The van der Waals surface area contributed by atoms with Crippen LogP contribution in [0, 0.1) is 11.3 Å². The third kappa shape index (κ3) is 2.98. The third-order valence-corrected chi connectivity index (χ3v) is 4.15. The van der Waals surface area contributed by atoms with Gasteiger partial charge in [0.15, 0.2) is 5.82 Å². The van der Waals surface area contributed by atoms with Crippen molar-refractivity contribution in [2.75, 3.05) is 0 Å². The molecule has 0 aliphatic carbocycles. The fourth-order valence-electron chi connectivity index (χ4n) is 1.81. The summed E-state index contributed by atoms with van der Waals surface area (Å²) in [4.78, 5) is 0. The number of aromatic nitrogens is 3. The Hall–Kier alpha value is -1.35. The quantitative estimate of drug-likeness (QED) is 0.835. The Kier molecular flexibility index (Phi) is 3.95. The fourth-order valence-corrected chi connectivity index (χ4v) is 1.99. The van der Waals surface area contributed by atoms with Gasteiger partial charge < -0.3 is 0 Å². The number of nitrogens with zero attached hydrogens (tertiary/aromatic N) is 3. The zero-order valence-corrected chi connectivity index (χ0v) is 12.6. The molecule has 0 aliphatic heterocycles. The molecule has 1 heterocycles. The Bertz CT molecular complexity index is 544. The van der Waals surface area contributed by atoms with Crippen molar-refractivity contribution in [3.63, 3.8) is 0 Å². The van der Waals surface area contributed by atoms with E-state index in [0.717, 1.165) is 17.9 Å². The zero-order chi connectivity index (χ0) is 14.0. The second-order valence-electron chi connectivity index (χ2n) is 5.89. The first-order valence-corrected chi connectivity index (χ1v) is 6.94. The summed E-state index contributed by atoms with van der Waals surface area (Å²) in [6.45, 7) is 9.73. The van der Waals surface area contributed by atoms with E-state index in [-0.39, 0.29) is 5.41 Å². The summed E-state index contributed by atoms with van der Waals surface area (Å²) >= 11 is 6.19. The Morgan fingerprint density at radius 1 is 1.16 bits per heavy atom. The van der Waals surface area contributed by atoms with Crippen LogP contribution >= 0.6 is 11.6 Å². The molecule has 0 amide bonds. The Balaban J connectivity index is 2.39. The van der Waals surface area contributed by atoms with Crippen LogP contribution in [0.1, 0.15) is 27.7 Å². The smallest absolute Gasteiger partial charge is 0.225 e. The largest absolute Gasteiger partial charge is 0.297 e. The highest BCUT2D eigenvalue weighted by Gasteiger charge is 2.26. The maximum absolute atomic E-state index is 6.19. The van der Waals surface area contributed by atoms with E-state index in [4.69, 9.17) is 11.6 Å². The molecule has 1 aromatic heterocycles. The molecule has 0 saturated heterocycles. The predicted molar refractivity (Wildman–Crippen MR) is 79.1 cm³/mol. The summed E-state index contributed by atoms with van der Waals surface area (Å²) in [7, 11) is 0. The van der Waals surface area contributed by atoms with Crippen molar-refractivity contribution in [3.05, 3.63) is 35.6 Å². The standard InChI is InChI=1S/C15H20ClN3/c1-11(2)15(3,4)10-19-13(17-18-14(19)16)12-8-6-5-7-9-12/h5-9,11H,10H2,1-4H3. The van der Waals surface area contributed by atoms with Gasteiger partial charge in [-0.15, -0.1) is 10.2 Å². The highest BCUT2D eigenvalue weighted by atomic mass is 35.5. The number of hydrogen-bond donors (Lipinski definition) is 0. The van der Waals surface area contributed by atoms with E-state index in [2.05, 4.69) is 37.9 Å². The van der Waals surface area contributed by atoms with Crippen LogP contribution in [0.4, 0.5) is 0 Å². The number of benzene rings is 1. The van der Waals surface area contributed by atoms with Gasteiger partial charge in [-0.05, 0) is 22.9 Å². The number of halogens is 1. The van der Waals surface area contributed by atoms with Gasteiger partial charge in [0.2, 0.25) is 5.28 Å². The van der Waals surface area contributed by atoms with Crippen molar-refractivity contribution < 1.29 is 0 Å². The number of hydrogen-bond acceptors (Lipinski definition) is 2. The van der Waals surface area contributed by atoms with Crippen molar-refractivity contribution >= 4 is 11.6 Å². The monoisotopic (exact) mass is 277 g/mol. The van der Waals surface area contributed by atoms with E-state index < -0.39 is 0 Å². The first-order chi connectivity index (χ1) is 8.92. The van der Waals surface area contributed by atoms with Gasteiger partial charge in [-0.25, -0.2) is 0 Å². The highest BCUT2D eigenvalue weighted by Crippen LogP contribution is 2.31. The van der Waals surface area contributed by atoms with Gasteiger partial charge >= 0.3 is 0 Å². The van der Waals surface area contributed by atoms with Gasteiger partial charge in [0.1, 0.15) is 0 Å². The molecule has 102 valence electrons. The summed E-state index contributed by atoms with van der Waals surface area (Å²) in [5.41, 5.74) is 1.18. The molecule has 0 atom stereocenters. The van der Waals surface area contributed by atoms with Gasteiger partial charge in [0.25, 0.3) is 0 Å². The molecule has 0 saturated carbocycles. The van der Waals surface area contributed by atoms with Crippen molar-refractivity contribution in [1.82, 2.24) is 14.8 Å². The molecule has 1 aromatic carbocycles. The van der Waals surface area contributed by atoms with Crippen LogP contribution in [0.15, 0.2) is 30.3 Å². The topological polar surface area (TPSA) is 30.7 Å². The molecule has 0 fully saturated rings. The van der Waals surface area contributed by atoms with Gasteiger partial charge in [-0.2, -0.15) is 0 Å². The van der Waals surface area contributed by atoms with E-state index in [1.54, 1.807) is 0 Å². The molecule has 0 aliphatic rings. The normalized spacial score (nSPS) is 12.1. The van der Waals surface area contributed by atoms with Crippen LogP contribution in [0.5, 0.6) is 0 Å². The molecule has 4 heteroatoms. The van der Waals surface area contributed by atoms with Crippen molar-refractivity contribution in [3.8, 4) is 11.4 Å². The Morgan fingerprint density at radius 2 is 1.79 bits per heavy atom. The van der Waals surface area contributed by atoms with Crippen molar-refractivity contribution in [2.45, 2.75) is 34.2 Å². The minimum Gasteiger partial charge on any atom is -0.297 e. The maximum atomic E-state index is 6.19. The SMILES string of the molecule is CC(C)C(C)(C)Cn1c(Cl)nnc1-c1ccccc1. The van der Waals surface area contributed by atoms with E-state index in [9.17, 15) is 0 Å². The third-order valence-electron chi connectivity index (χ3n) is 3.87. The van der Waals surface area contributed by atoms with E-state index in [0.29, 0.717) is 11.2 Å². The molecular formula is C15H20ClN3. The van der Waals surface area contributed by atoms with Gasteiger partial charge in [-0.3, -0.25) is 4.57 Å². The van der Waals surface area contributed by atoms with Crippen LogP contribution in [-0.2, 0) is 6.54 Å². The second-order valence-corrected chi connectivity index (χ2v) is 6.23. The number of rotatable bonds is 4. The van der Waals surface area contributed by atoms with Crippen molar-refractivity contribution in [1.29, 1.82) is 0 Å². The maximum Gasteiger partial charge on any atom is 0.225 e. The van der Waals surface area contributed by atoms with Gasteiger partial charge in [0.05, 0.1) is 0 Å². The zero-order valence-electron chi connectivity index (χ0n) is 11.9. The molecule has 0 N–H and O–H groups in total. The lowest BCUT2D eigenvalue weighted by molar-refractivity contribution is 0.211. The van der Waals surface area contributed by atoms with E-state index in [1.807, 2.05) is 34.9 Å². The summed E-state index contributed by atoms with van der Waals surface area (Å²) in [5.74, 6) is 1.38. The van der Waals surface area contributed by atoms with Crippen LogP contribution in [-0.4, -0.2) is 14.8 Å². The molecule has 0 radical (unpaired) electrons. The minimum absolute atomic E-state index is 0.134. The molecular weight excluding hydrogens is 258 g/mol. The van der Waals surface area contributed by atoms with Crippen LogP contribution in [0.3, 0.4) is 0 Å². The molecule has 19 heavy (non-hydrogen) atoms. The van der Waals surface area contributed by atoms with Crippen LogP contribution in [0.2, 0.25) is 5.28 Å². The minimum atomic E-state index is 0.134. The summed E-state index contributed by atoms with van der Waals surface area (Å²) < 4.78 is 2.00. The summed E-state index contributed by atoms with van der Waals surface area (Å²) in [5, 5.41) is 8.68. The highest BCUT2D eigenvalue weighted by molar-refractivity contribution is 6.28. The first kappa shape index (κ1) is 14.1. The van der Waals surface area contributed by atoms with E-state index >= 15 is 0 Å². The lowest BCUT2D eigenvalue weighted by Gasteiger charge is -2.30. The average molecular weight is 278 g/mol. The Labute approximate surface area is 119 Å². The lowest BCUT2D eigenvalue weighted by atomic mass is 9.81.